The Balaban J connectivity index is 2.00. The number of aldehydes is 1. The molecule has 0 bridgehead atoms. The maximum absolute atomic E-state index is 11.2. The summed E-state index contributed by atoms with van der Waals surface area (Å²) in [6, 6.07) is 9.49. The van der Waals surface area contributed by atoms with E-state index in [-0.39, 0.29) is 0 Å². The molecule has 0 fully saturated rings. The number of hydrogen-bond donors (Lipinski definition) is 0. The van der Waals surface area contributed by atoms with Crippen LogP contribution in [0.4, 0.5) is 0 Å². The Morgan fingerprint density at radius 3 is 2.26 bits per heavy atom. The van der Waals surface area contributed by atoms with Gasteiger partial charge in [-0.05, 0) is 49.2 Å². The Morgan fingerprint density at radius 1 is 1.00 bits per heavy atom. The SMILES string of the molecule is COc1cc(Br)cc(C=O)c1OCCOc1cc(C)cc(C)c1. The van der Waals surface area contributed by atoms with Crippen LogP contribution >= 0.6 is 15.9 Å². The fourth-order valence-electron chi connectivity index (χ4n) is 2.30. The molecule has 0 saturated carbocycles. The van der Waals surface area contributed by atoms with Gasteiger partial charge >= 0.3 is 0 Å². The lowest BCUT2D eigenvalue weighted by Crippen LogP contribution is -2.11. The number of rotatable bonds is 7. The molecule has 2 rings (SSSR count). The quantitative estimate of drug-likeness (QED) is 0.530. The third kappa shape index (κ3) is 4.73. The van der Waals surface area contributed by atoms with E-state index in [2.05, 4.69) is 22.0 Å². The standard InChI is InChI=1S/C18H19BrO4/c1-12-6-13(2)8-16(7-12)22-4-5-23-18-14(11-20)9-15(19)10-17(18)21-3/h6-11H,4-5H2,1-3H3. The van der Waals surface area contributed by atoms with E-state index in [0.717, 1.165) is 27.6 Å². The van der Waals surface area contributed by atoms with Crippen molar-refractivity contribution in [3.63, 3.8) is 0 Å². The van der Waals surface area contributed by atoms with Crippen molar-refractivity contribution in [2.45, 2.75) is 13.8 Å². The second-order valence-electron chi connectivity index (χ2n) is 5.16. The molecule has 0 atom stereocenters. The molecular weight excluding hydrogens is 360 g/mol. The van der Waals surface area contributed by atoms with Gasteiger partial charge in [-0.15, -0.1) is 0 Å². The fraction of sp³-hybridized carbons (Fsp3) is 0.278. The van der Waals surface area contributed by atoms with Crippen LogP contribution in [0, 0.1) is 13.8 Å². The lowest BCUT2D eigenvalue weighted by Gasteiger charge is -2.14. The van der Waals surface area contributed by atoms with Gasteiger partial charge in [-0.2, -0.15) is 0 Å². The van der Waals surface area contributed by atoms with E-state index in [1.54, 1.807) is 12.1 Å². The van der Waals surface area contributed by atoms with Gasteiger partial charge in [-0.3, -0.25) is 4.79 Å². The van der Waals surface area contributed by atoms with Gasteiger partial charge < -0.3 is 14.2 Å². The number of ether oxygens (including phenoxy) is 3. The van der Waals surface area contributed by atoms with Gasteiger partial charge in [0.15, 0.2) is 17.8 Å². The van der Waals surface area contributed by atoms with E-state index in [4.69, 9.17) is 14.2 Å². The molecule has 0 amide bonds. The number of methoxy groups -OCH3 is 1. The van der Waals surface area contributed by atoms with E-state index in [1.165, 1.54) is 7.11 Å². The molecule has 0 aliphatic rings. The van der Waals surface area contributed by atoms with Crippen LogP contribution in [-0.4, -0.2) is 26.6 Å². The summed E-state index contributed by atoms with van der Waals surface area (Å²) in [5.74, 6) is 1.74. The molecule has 0 saturated heterocycles. The summed E-state index contributed by atoms with van der Waals surface area (Å²) < 4.78 is 17.4. The molecule has 0 unspecified atom stereocenters. The third-order valence-corrected chi connectivity index (χ3v) is 3.65. The molecule has 5 heteroatoms. The van der Waals surface area contributed by atoms with Crippen LogP contribution in [-0.2, 0) is 0 Å². The monoisotopic (exact) mass is 378 g/mol. The van der Waals surface area contributed by atoms with Crippen molar-refractivity contribution >= 4 is 22.2 Å². The molecular formula is C18H19BrO4. The summed E-state index contributed by atoms with van der Waals surface area (Å²) in [5, 5.41) is 0. The highest BCUT2D eigenvalue weighted by atomic mass is 79.9. The number of carbonyl (C=O) groups excluding carboxylic acids is 1. The Hall–Kier alpha value is -2.01. The highest BCUT2D eigenvalue weighted by molar-refractivity contribution is 9.10. The van der Waals surface area contributed by atoms with E-state index in [1.807, 2.05) is 26.0 Å². The molecule has 0 aliphatic heterocycles. The third-order valence-electron chi connectivity index (χ3n) is 3.19. The molecule has 23 heavy (non-hydrogen) atoms. The fourth-order valence-corrected chi connectivity index (χ4v) is 2.76. The zero-order chi connectivity index (χ0) is 16.8. The summed E-state index contributed by atoms with van der Waals surface area (Å²) in [6.45, 7) is 4.74. The van der Waals surface area contributed by atoms with Crippen molar-refractivity contribution in [1.29, 1.82) is 0 Å². The molecule has 122 valence electrons. The van der Waals surface area contributed by atoms with Crippen molar-refractivity contribution in [2.75, 3.05) is 20.3 Å². The zero-order valence-electron chi connectivity index (χ0n) is 13.4. The molecule has 0 N–H and O–H groups in total. The lowest BCUT2D eigenvalue weighted by molar-refractivity contribution is 0.111. The van der Waals surface area contributed by atoms with E-state index in [0.29, 0.717) is 30.3 Å². The van der Waals surface area contributed by atoms with Gasteiger partial charge in [0.1, 0.15) is 19.0 Å². The van der Waals surface area contributed by atoms with Crippen LogP contribution in [0.1, 0.15) is 21.5 Å². The van der Waals surface area contributed by atoms with Gasteiger partial charge in [0.25, 0.3) is 0 Å². The van der Waals surface area contributed by atoms with Crippen LogP contribution in [0.25, 0.3) is 0 Å². The molecule has 0 aromatic heterocycles. The summed E-state index contributed by atoms with van der Waals surface area (Å²) in [4.78, 5) is 11.2. The van der Waals surface area contributed by atoms with Gasteiger partial charge in [0, 0.05) is 4.47 Å². The van der Waals surface area contributed by atoms with Crippen LogP contribution < -0.4 is 14.2 Å². The van der Waals surface area contributed by atoms with Crippen molar-refractivity contribution in [2.24, 2.45) is 0 Å². The predicted octanol–water partition coefficient (Wildman–Crippen LogP) is 4.34. The average Bonchev–Trinajstić information content (AvgIpc) is 2.50. The van der Waals surface area contributed by atoms with E-state index < -0.39 is 0 Å². The van der Waals surface area contributed by atoms with Crippen LogP contribution in [0.2, 0.25) is 0 Å². The first kappa shape index (κ1) is 17.3. The highest BCUT2D eigenvalue weighted by Gasteiger charge is 2.12. The molecule has 0 spiro atoms. The molecule has 2 aromatic rings. The first-order chi connectivity index (χ1) is 11.0. The number of aryl methyl sites for hydroxylation is 2. The first-order valence-corrected chi connectivity index (χ1v) is 7.99. The van der Waals surface area contributed by atoms with Crippen molar-refractivity contribution in [3.8, 4) is 17.2 Å². The van der Waals surface area contributed by atoms with Gasteiger partial charge in [-0.1, -0.05) is 22.0 Å². The van der Waals surface area contributed by atoms with Crippen molar-refractivity contribution < 1.29 is 19.0 Å². The van der Waals surface area contributed by atoms with Crippen LogP contribution in [0.15, 0.2) is 34.8 Å². The number of benzene rings is 2. The Morgan fingerprint density at radius 2 is 1.65 bits per heavy atom. The average molecular weight is 379 g/mol. The zero-order valence-corrected chi connectivity index (χ0v) is 15.0. The van der Waals surface area contributed by atoms with Crippen molar-refractivity contribution in [1.82, 2.24) is 0 Å². The molecule has 2 aromatic carbocycles. The molecule has 0 radical (unpaired) electrons. The van der Waals surface area contributed by atoms with Crippen molar-refractivity contribution in [3.05, 3.63) is 51.5 Å². The van der Waals surface area contributed by atoms with Crippen LogP contribution in [0.3, 0.4) is 0 Å². The second-order valence-corrected chi connectivity index (χ2v) is 6.08. The maximum Gasteiger partial charge on any atom is 0.171 e. The normalized spacial score (nSPS) is 10.3. The smallest absolute Gasteiger partial charge is 0.171 e. The molecule has 4 nitrogen and oxygen atoms in total. The second kappa shape index (κ2) is 8.02. The summed E-state index contributed by atoms with van der Waals surface area (Å²) >= 11 is 3.34. The minimum Gasteiger partial charge on any atom is -0.493 e. The Kier molecular flexibility index (Phi) is 6.04. The lowest BCUT2D eigenvalue weighted by atomic mass is 10.1. The predicted molar refractivity (Wildman–Crippen MR) is 93.0 cm³/mol. The maximum atomic E-state index is 11.2. The number of hydrogen-bond acceptors (Lipinski definition) is 4. The molecule has 0 aliphatic carbocycles. The van der Waals surface area contributed by atoms with Gasteiger partial charge in [0.05, 0.1) is 12.7 Å². The van der Waals surface area contributed by atoms with Gasteiger partial charge in [-0.25, -0.2) is 0 Å². The Labute approximate surface area is 144 Å². The van der Waals surface area contributed by atoms with E-state index in [9.17, 15) is 4.79 Å². The highest BCUT2D eigenvalue weighted by Crippen LogP contribution is 2.33. The largest absolute Gasteiger partial charge is 0.493 e. The summed E-state index contributed by atoms with van der Waals surface area (Å²) in [7, 11) is 1.54. The topological polar surface area (TPSA) is 44.8 Å². The summed E-state index contributed by atoms with van der Waals surface area (Å²) in [6.07, 6.45) is 0.743. The first-order valence-electron chi connectivity index (χ1n) is 7.20. The number of halogens is 1. The minimum absolute atomic E-state index is 0.311. The Bertz CT molecular complexity index is 677. The van der Waals surface area contributed by atoms with Gasteiger partial charge in [0.2, 0.25) is 0 Å². The van der Waals surface area contributed by atoms with Crippen LogP contribution in [0.5, 0.6) is 17.2 Å². The van der Waals surface area contributed by atoms with E-state index >= 15 is 0 Å². The number of carbonyl (C=O) groups is 1. The summed E-state index contributed by atoms with van der Waals surface area (Å²) in [5.41, 5.74) is 2.74. The molecule has 0 heterocycles. The minimum atomic E-state index is 0.311.